The number of carbonyl (C=O) groups is 1. The van der Waals surface area contributed by atoms with E-state index in [9.17, 15) is 4.79 Å². The molecular weight excluding hydrogens is 480 g/mol. The van der Waals surface area contributed by atoms with Gasteiger partial charge in [-0.15, -0.1) is 11.3 Å². The molecule has 1 amide bonds. The van der Waals surface area contributed by atoms with Crippen molar-refractivity contribution in [3.63, 3.8) is 0 Å². The van der Waals surface area contributed by atoms with E-state index in [2.05, 4.69) is 10.4 Å². The second-order valence-electron chi connectivity index (χ2n) is 9.18. The summed E-state index contributed by atoms with van der Waals surface area (Å²) in [6, 6.07) is 4.06. The highest BCUT2D eigenvalue weighted by Crippen LogP contribution is 2.30. The van der Waals surface area contributed by atoms with Crippen LogP contribution in [0, 0.1) is 0 Å². The number of amides is 1. The number of aryl methyl sites for hydroxylation is 1. The summed E-state index contributed by atoms with van der Waals surface area (Å²) in [5.74, 6) is 1.14. The Balaban J connectivity index is 1.26. The van der Waals surface area contributed by atoms with Crippen LogP contribution in [0.3, 0.4) is 0 Å². The first-order valence-electron chi connectivity index (χ1n) is 12.2. The molecule has 2 aliphatic heterocycles. The van der Waals surface area contributed by atoms with Crippen molar-refractivity contribution in [1.29, 1.82) is 0 Å². The minimum Gasteiger partial charge on any atom is -0.470 e. The van der Waals surface area contributed by atoms with Gasteiger partial charge in [0.05, 0.1) is 36.2 Å². The zero-order valence-electron chi connectivity index (χ0n) is 20.1. The molecule has 2 fully saturated rings. The smallest absolute Gasteiger partial charge is 0.252 e. The van der Waals surface area contributed by atoms with Crippen LogP contribution in [-0.2, 0) is 22.9 Å². The third-order valence-electron chi connectivity index (χ3n) is 6.49. The summed E-state index contributed by atoms with van der Waals surface area (Å²) in [4.78, 5) is 23.4. The van der Waals surface area contributed by atoms with Gasteiger partial charge in [-0.1, -0.05) is 0 Å². The van der Waals surface area contributed by atoms with Gasteiger partial charge in [-0.05, 0) is 25.0 Å². The summed E-state index contributed by atoms with van der Waals surface area (Å²) in [6.07, 6.45) is 8.69. The first-order chi connectivity index (χ1) is 17.6. The van der Waals surface area contributed by atoms with Crippen LogP contribution in [0.2, 0.25) is 0 Å². The first-order valence-corrected chi connectivity index (χ1v) is 13.1. The maximum Gasteiger partial charge on any atom is 0.252 e. The molecule has 188 valence electrons. The van der Waals surface area contributed by atoms with E-state index in [1.54, 1.807) is 22.2 Å². The van der Waals surface area contributed by atoms with Crippen LogP contribution >= 0.6 is 11.3 Å². The fourth-order valence-corrected chi connectivity index (χ4v) is 5.45. The number of hydrogen-bond donors (Lipinski definition) is 1. The standard InChI is InChI=1S/C25H28N6O4S/c1-30-13-18(12-26-30)31-6-2-21-23(31)25(35-19-5-9-34-14-19)29-22(28-21)11-20-10-16(15-36-20)24(32)27-17-3-7-33-8-4-17/h2,6,10,12-13,15,17,19H,3-5,7-9,11,14H2,1H3,(H,27,32)/t19-/m0/s1. The van der Waals surface area contributed by atoms with Gasteiger partial charge in [0.2, 0.25) is 5.88 Å². The third-order valence-corrected chi connectivity index (χ3v) is 7.42. The second kappa shape index (κ2) is 10.00. The molecule has 6 rings (SSSR count). The van der Waals surface area contributed by atoms with Crippen LogP contribution in [0.4, 0.5) is 0 Å². The fraction of sp³-hybridized carbons (Fsp3) is 0.440. The highest BCUT2D eigenvalue weighted by molar-refractivity contribution is 7.10. The Labute approximate surface area is 212 Å². The van der Waals surface area contributed by atoms with Crippen LogP contribution in [-0.4, -0.2) is 68.8 Å². The number of thiophene rings is 1. The SMILES string of the molecule is Cn1cc(-n2ccc3nc(Cc4cc(C(=O)NC5CCOCC5)cs4)nc(O[C@H]4CCOC4)c32)cn1. The van der Waals surface area contributed by atoms with Gasteiger partial charge in [0.25, 0.3) is 5.91 Å². The number of ether oxygens (including phenoxy) is 3. The summed E-state index contributed by atoms with van der Waals surface area (Å²) < 4.78 is 21.0. The van der Waals surface area contributed by atoms with Crippen LogP contribution in [0.1, 0.15) is 40.3 Å². The lowest BCUT2D eigenvalue weighted by Crippen LogP contribution is -2.38. The number of hydrogen-bond acceptors (Lipinski definition) is 8. The lowest BCUT2D eigenvalue weighted by atomic mass is 10.1. The average Bonchev–Trinajstić information content (AvgIpc) is 3.67. The van der Waals surface area contributed by atoms with E-state index in [-0.39, 0.29) is 18.1 Å². The highest BCUT2D eigenvalue weighted by atomic mass is 32.1. The Morgan fingerprint density at radius 1 is 1.22 bits per heavy atom. The van der Waals surface area contributed by atoms with E-state index < -0.39 is 0 Å². The van der Waals surface area contributed by atoms with Gasteiger partial charge in [0.1, 0.15) is 17.4 Å². The van der Waals surface area contributed by atoms with Gasteiger partial charge in [-0.2, -0.15) is 10.1 Å². The van der Waals surface area contributed by atoms with Gasteiger partial charge in [0, 0.05) is 61.8 Å². The van der Waals surface area contributed by atoms with Crippen molar-refractivity contribution in [3.05, 3.63) is 52.4 Å². The van der Waals surface area contributed by atoms with Crippen LogP contribution in [0.15, 0.2) is 36.1 Å². The maximum atomic E-state index is 12.7. The summed E-state index contributed by atoms with van der Waals surface area (Å²) in [7, 11) is 1.89. The number of rotatable bonds is 7. The molecular formula is C25H28N6O4S. The van der Waals surface area contributed by atoms with E-state index in [0.717, 1.165) is 40.9 Å². The molecule has 0 radical (unpaired) electrons. The minimum atomic E-state index is -0.0459. The topological polar surface area (TPSA) is 105 Å². The Morgan fingerprint density at radius 3 is 2.86 bits per heavy atom. The van der Waals surface area contributed by atoms with Crippen LogP contribution < -0.4 is 10.1 Å². The molecule has 1 atom stereocenters. The van der Waals surface area contributed by atoms with Crippen molar-refractivity contribution in [2.24, 2.45) is 7.05 Å². The Hall–Kier alpha value is -3.28. The summed E-state index contributed by atoms with van der Waals surface area (Å²) in [6.45, 7) is 2.62. The third kappa shape index (κ3) is 4.86. The predicted molar refractivity (Wildman–Crippen MR) is 134 cm³/mol. The van der Waals surface area contributed by atoms with E-state index >= 15 is 0 Å². The molecule has 0 aromatic carbocycles. The van der Waals surface area contributed by atoms with Crippen molar-refractivity contribution in [1.82, 2.24) is 29.6 Å². The van der Waals surface area contributed by atoms with Crippen molar-refractivity contribution >= 4 is 28.3 Å². The summed E-state index contributed by atoms with van der Waals surface area (Å²) >= 11 is 1.54. The van der Waals surface area contributed by atoms with Gasteiger partial charge >= 0.3 is 0 Å². The van der Waals surface area contributed by atoms with Gasteiger partial charge in [-0.3, -0.25) is 9.48 Å². The van der Waals surface area contributed by atoms with E-state index in [1.807, 2.05) is 41.5 Å². The zero-order chi connectivity index (χ0) is 24.5. The number of fused-ring (bicyclic) bond motifs is 1. The summed E-state index contributed by atoms with van der Waals surface area (Å²) in [5.41, 5.74) is 3.19. The second-order valence-corrected chi connectivity index (χ2v) is 10.2. The van der Waals surface area contributed by atoms with Crippen molar-refractivity contribution in [3.8, 4) is 11.6 Å². The molecule has 0 saturated carbocycles. The monoisotopic (exact) mass is 508 g/mol. The Bertz CT molecular complexity index is 1370. The molecule has 1 N–H and O–H groups in total. The molecule has 0 aliphatic carbocycles. The molecule has 2 saturated heterocycles. The zero-order valence-corrected chi connectivity index (χ0v) is 20.9. The van der Waals surface area contributed by atoms with Crippen molar-refractivity contribution in [2.75, 3.05) is 26.4 Å². The van der Waals surface area contributed by atoms with E-state index in [4.69, 9.17) is 24.2 Å². The summed E-state index contributed by atoms with van der Waals surface area (Å²) in [5, 5.41) is 9.31. The Morgan fingerprint density at radius 2 is 2.08 bits per heavy atom. The normalized spacial score (nSPS) is 18.6. The molecule has 4 aromatic heterocycles. The quantitative estimate of drug-likeness (QED) is 0.409. The first kappa shape index (κ1) is 23.1. The predicted octanol–water partition coefficient (Wildman–Crippen LogP) is 2.88. The number of nitrogens with zero attached hydrogens (tertiary/aromatic N) is 5. The lowest BCUT2D eigenvalue weighted by Gasteiger charge is -2.22. The fourth-order valence-electron chi connectivity index (χ4n) is 4.59. The minimum absolute atomic E-state index is 0.0421. The number of nitrogens with one attached hydrogen (secondary N) is 1. The molecule has 36 heavy (non-hydrogen) atoms. The molecule has 0 bridgehead atoms. The molecule has 0 spiro atoms. The van der Waals surface area contributed by atoms with Crippen LogP contribution in [0.25, 0.3) is 16.7 Å². The van der Waals surface area contributed by atoms with Crippen molar-refractivity contribution in [2.45, 2.75) is 37.8 Å². The van der Waals surface area contributed by atoms with Crippen LogP contribution in [0.5, 0.6) is 5.88 Å². The molecule has 0 unspecified atom stereocenters. The molecule has 4 aromatic rings. The molecule has 2 aliphatic rings. The molecule has 6 heterocycles. The van der Waals surface area contributed by atoms with Gasteiger partial charge < -0.3 is 24.1 Å². The lowest BCUT2D eigenvalue weighted by molar-refractivity contribution is 0.0696. The average molecular weight is 509 g/mol. The Kier molecular flexibility index (Phi) is 6.43. The van der Waals surface area contributed by atoms with Crippen molar-refractivity contribution < 1.29 is 19.0 Å². The van der Waals surface area contributed by atoms with Gasteiger partial charge in [-0.25, -0.2) is 4.98 Å². The van der Waals surface area contributed by atoms with E-state index in [1.165, 1.54) is 0 Å². The maximum absolute atomic E-state index is 12.7. The molecule has 10 nitrogen and oxygen atoms in total. The largest absolute Gasteiger partial charge is 0.470 e. The highest BCUT2D eigenvalue weighted by Gasteiger charge is 2.23. The van der Waals surface area contributed by atoms with Gasteiger partial charge in [0.15, 0.2) is 0 Å². The molecule has 11 heteroatoms. The number of carbonyl (C=O) groups excluding carboxylic acids is 1. The number of aromatic nitrogens is 5. The van der Waals surface area contributed by atoms with E-state index in [0.29, 0.717) is 50.1 Å².